The van der Waals surface area contributed by atoms with Crippen LogP contribution in [-0.4, -0.2) is 4.98 Å². The van der Waals surface area contributed by atoms with Crippen molar-refractivity contribution in [1.82, 2.24) is 4.98 Å². The second-order valence-corrected chi connectivity index (χ2v) is 20.4. The van der Waals surface area contributed by atoms with Crippen LogP contribution in [0.15, 0.2) is 237 Å². The van der Waals surface area contributed by atoms with Gasteiger partial charge in [0.15, 0.2) is 0 Å². The maximum atomic E-state index is 5.04. The average Bonchev–Trinajstić information content (AvgIpc) is 3.95. The summed E-state index contributed by atoms with van der Waals surface area (Å²) in [6.07, 6.45) is 0. The van der Waals surface area contributed by atoms with Gasteiger partial charge in [-0.25, -0.2) is 4.98 Å². The van der Waals surface area contributed by atoms with Gasteiger partial charge in [-0.1, -0.05) is 208 Å². The predicted molar refractivity (Wildman–Crippen MR) is 300 cm³/mol. The van der Waals surface area contributed by atoms with E-state index in [2.05, 4.69) is 250 Å². The lowest BCUT2D eigenvalue weighted by atomic mass is 9.80. The molecule has 0 radical (unpaired) electrons. The summed E-state index contributed by atoms with van der Waals surface area (Å²) in [5.41, 5.74) is 19.6. The van der Waals surface area contributed by atoms with E-state index in [0.717, 1.165) is 10.5 Å². The van der Waals surface area contributed by atoms with Gasteiger partial charge in [0.1, 0.15) is 5.01 Å². The van der Waals surface area contributed by atoms with E-state index < -0.39 is 0 Å². The van der Waals surface area contributed by atoms with Crippen molar-refractivity contribution in [3.05, 3.63) is 248 Å². The fourth-order valence-corrected chi connectivity index (χ4v) is 12.6. The van der Waals surface area contributed by atoms with Crippen LogP contribution < -0.4 is 0 Å². The highest BCUT2D eigenvalue weighted by atomic mass is 32.1. The lowest BCUT2D eigenvalue weighted by molar-refractivity contribution is 0.661. The maximum Gasteiger partial charge on any atom is 0.124 e. The van der Waals surface area contributed by atoms with Crippen LogP contribution in [0.5, 0.6) is 0 Å². The van der Waals surface area contributed by atoms with Gasteiger partial charge in [0.2, 0.25) is 0 Å². The summed E-state index contributed by atoms with van der Waals surface area (Å²) in [7, 11) is 0. The number of rotatable bonds is 6. The molecule has 0 amide bonds. The Labute approximate surface area is 411 Å². The maximum absolute atomic E-state index is 5.04. The standard InChI is InChI=1S/C68H45NS/c1-68(2)61-40-47(31-34-53(61)54-35-33-50(41-62(54)68)67-69-63-25-13-14-26-64(63)70-67)46-32-36-59-60(39-46)66(56-22-10-8-20-52(56)49-30-28-43-16-4-6-18-45(43)38-49)58-24-12-11-23-57(58)65(59)55-21-9-7-19-51(55)48-29-27-42-15-3-5-17-44(42)37-48/h3-41H,1-2H3. The SMILES string of the molecule is CC1(C)c2cc(-c3ccc4c(-c5ccccc5-c5ccc6ccccc6c5)c5ccccc5c(-c5ccccc5-c5ccc6ccccc6c5)c4c3)ccc2-c2ccc(-c3nc4ccccc4s3)cc21. The van der Waals surface area contributed by atoms with Crippen LogP contribution in [0, 0.1) is 0 Å². The van der Waals surface area contributed by atoms with E-state index in [0.29, 0.717) is 0 Å². The van der Waals surface area contributed by atoms with Crippen molar-refractivity contribution < 1.29 is 0 Å². The van der Waals surface area contributed by atoms with Crippen LogP contribution in [0.4, 0.5) is 0 Å². The molecule has 13 aromatic rings. The molecule has 70 heavy (non-hydrogen) atoms. The van der Waals surface area contributed by atoms with Crippen molar-refractivity contribution in [2.45, 2.75) is 19.3 Å². The van der Waals surface area contributed by atoms with E-state index in [-0.39, 0.29) is 5.41 Å². The van der Waals surface area contributed by atoms with E-state index >= 15 is 0 Å². The summed E-state index contributed by atoms with van der Waals surface area (Å²) in [6, 6.07) is 88.1. The van der Waals surface area contributed by atoms with Crippen molar-refractivity contribution in [3.8, 4) is 77.3 Å². The normalized spacial score (nSPS) is 12.8. The second kappa shape index (κ2) is 15.8. The number of benzene rings is 12. The van der Waals surface area contributed by atoms with Gasteiger partial charge in [0.05, 0.1) is 10.2 Å². The molecule has 2 heteroatoms. The van der Waals surface area contributed by atoms with Crippen molar-refractivity contribution in [2.24, 2.45) is 0 Å². The van der Waals surface area contributed by atoms with Crippen molar-refractivity contribution in [1.29, 1.82) is 0 Å². The van der Waals surface area contributed by atoms with Crippen molar-refractivity contribution in [3.63, 3.8) is 0 Å². The molecule has 0 unspecified atom stereocenters. The molecule has 1 nitrogen and oxygen atoms in total. The van der Waals surface area contributed by atoms with E-state index in [1.807, 2.05) is 0 Å². The van der Waals surface area contributed by atoms with Gasteiger partial charge in [-0.15, -0.1) is 11.3 Å². The highest BCUT2D eigenvalue weighted by Gasteiger charge is 2.36. The fourth-order valence-electron chi connectivity index (χ4n) is 11.6. The molecule has 0 N–H and O–H groups in total. The number of nitrogens with zero attached hydrogens (tertiary/aromatic N) is 1. The molecule has 1 aromatic heterocycles. The summed E-state index contributed by atoms with van der Waals surface area (Å²) in [4.78, 5) is 5.04. The Hall–Kier alpha value is -8.43. The number of aromatic nitrogens is 1. The molecule has 1 aliphatic carbocycles. The van der Waals surface area contributed by atoms with Crippen molar-refractivity contribution >= 4 is 64.6 Å². The second-order valence-electron chi connectivity index (χ2n) is 19.4. The largest absolute Gasteiger partial charge is 0.236 e. The molecule has 0 spiro atoms. The Kier molecular flexibility index (Phi) is 9.18. The number of hydrogen-bond donors (Lipinski definition) is 0. The third-order valence-electron chi connectivity index (χ3n) is 15.1. The van der Waals surface area contributed by atoms with Crippen LogP contribution in [0.2, 0.25) is 0 Å². The molecule has 0 bridgehead atoms. The van der Waals surface area contributed by atoms with Gasteiger partial charge in [0.25, 0.3) is 0 Å². The number of fused-ring (bicyclic) bond motifs is 8. The molecule has 12 aromatic carbocycles. The highest BCUT2D eigenvalue weighted by molar-refractivity contribution is 7.21. The first-order valence-corrected chi connectivity index (χ1v) is 25.1. The van der Waals surface area contributed by atoms with E-state index in [4.69, 9.17) is 4.98 Å². The Bertz CT molecular complexity index is 4250. The molecule has 0 saturated heterocycles. The fraction of sp³-hybridized carbons (Fsp3) is 0.0441. The third-order valence-corrected chi connectivity index (χ3v) is 16.2. The average molecular weight is 908 g/mol. The Morgan fingerprint density at radius 3 is 1.37 bits per heavy atom. The van der Waals surface area contributed by atoms with Crippen LogP contribution in [0.3, 0.4) is 0 Å². The minimum absolute atomic E-state index is 0.204. The van der Waals surface area contributed by atoms with Gasteiger partial charge in [0, 0.05) is 11.0 Å². The Morgan fingerprint density at radius 1 is 0.314 bits per heavy atom. The highest BCUT2D eigenvalue weighted by Crippen LogP contribution is 2.53. The molecule has 0 fully saturated rings. The lowest BCUT2D eigenvalue weighted by Crippen LogP contribution is -2.15. The van der Waals surface area contributed by atoms with E-state index in [1.165, 1.54) is 131 Å². The summed E-state index contributed by atoms with van der Waals surface area (Å²) < 4.78 is 1.22. The summed E-state index contributed by atoms with van der Waals surface area (Å²) in [6.45, 7) is 4.77. The Morgan fingerprint density at radius 2 is 0.757 bits per heavy atom. The molecule has 14 rings (SSSR count). The number of hydrogen-bond acceptors (Lipinski definition) is 2. The zero-order valence-electron chi connectivity index (χ0n) is 38.9. The minimum atomic E-state index is -0.204. The van der Waals surface area contributed by atoms with E-state index in [9.17, 15) is 0 Å². The van der Waals surface area contributed by atoms with Gasteiger partial charge >= 0.3 is 0 Å². The predicted octanol–water partition coefficient (Wildman–Crippen LogP) is 19.2. The lowest BCUT2D eigenvalue weighted by Gasteiger charge is -2.23. The van der Waals surface area contributed by atoms with Gasteiger partial charge in [-0.2, -0.15) is 0 Å². The zero-order valence-corrected chi connectivity index (χ0v) is 39.7. The van der Waals surface area contributed by atoms with Crippen LogP contribution in [-0.2, 0) is 5.41 Å². The molecule has 1 heterocycles. The van der Waals surface area contributed by atoms with Crippen LogP contribution in [0.25, 0.3) is 131 Å². The van der Waals surface area contributed by atoms with Gasteiger partial charge in [-0.3, -0.25) is 0 Å². The number of para-hydroxylation sites is 1. The van der Waals surface area contributed by atoms with E-state index in [1.54, 1.807) is 11.3 Å². The summed E-state index contributed by atoms with van der Waals surface area (Å²) in [5, 5.41) is 11.0. The van der Waals surface area contributed by atoms with Crippen LogP contribution in [0.1, 0.15) is 25.0 Å². The van der Waals surface area contributed by atoms with Gasteiger partial charge < -0.3 is 0 Å². The molecule has 0 atom stereocenters. The smallest absolute Gasteiger partial charge is 0.124 e. The van der Waals surface area contributed by atoms with Crippen LogP contribution >= 0.6 is 11.3 Å². The first-order chi connectivity index (χ1) is 34.4. The number of thiazole rings is 1. The molecule has 0 aliphatic heterocycles. The third kappa shape index (κ3) is 6.41. The molecule has 0 saturated carbocycles. The molecule has 328 valence electrons. The molecular weight excluding hydrogens is 863 g/mol. The molecular formula is C68H45NS. The van der Waals surface area contributed by atoms with Crippen molar-refractivity contribution in [2.75, 3.05) is 0 Å². The quantitative estimate of drug-likeness (QED) is 0.152. The monoisotopic (exact) mass is 907 g/mol. The molecule has 1 aliphatic rings. The van der Waals surface area contributed by atoms with Gasteiger partial charge in [-0.05, 0) is 163 Å². The summed E-state index contributed by atoms with van der Waals surface area (Å²) >= 11 is 1.77. The Balaban J connectivity index is 0.987. The first-order valence-electron chi connectivity index (χ1n) is 24.3. The topological polar surface area (TPSA) is 12.9 Å². The zero-order chi connectivity index (χ0) is 46.5. The minimum Gasteiger partial charge on any atom is -0.236 e. The first kappa shape index (κ1) is 40.6. The summed E-state index contributed by atoms with van der Waals surface area (Å²) in [5.74, 6) is 0.